The Balaban J connectivity index is 1.57. The second kappa shape index (κ2) is 6.64. The second-order valence-corrected chi connectivity index (χ2v) is 7.44. The van der Waals surface area contributed by atoms with Gasteiger partial charge in [0.25, 0.3) is 5.91 Å². The highest BCUT2D eigenvalue weighted by Crippen LogP contribution is 2.34. The summed E-state index contributed by atoms with van der Waals surface area (Å²) in [6.07, 6.45) is 4.16. The van der Waals surface area contributed by atoms with Crippen LogP contribution in [0, 0.1) is 6.92 Å². The number of carbonyl (C=O) groups is 1. The van der Waals surface area contributed by atoms with E-state index in [2.05, 4.69) is 32.5 Å². The molecular weight excluding hydrogens is 322 g/mol. The van der Waals surface area contributed by atoms with Crippen LogP contribution in [0.25, 0.3) is 0 Å². The molecule has 2 aromatic heterocycles. The number of nitrogens with zero attached hydrogens (tertiary/aromatic N) is 4. The summed E-state index contributed by atoms with van der Waals surface area (Å²) in [6, 6.07) is 2.67. The number of carbonyl (C=O) groups excluding carboxylic acids is 1. The lowest BCUT2D eigenvalue weighted by Crippen LogP contribution is -2.32. The van der Waals surface area contributed by atoms with Crippen LogP contribution in [0.2, 0.25) is 0 Å². The van der Waals surface area contributed by atoms with Gasteiger partial charge in [-0.2, -0.15) is 11.3 Å². The quantitative estimate of drug-likeness (QED) is 0.929. The number of piperidine rings is 1. The Hall–Kier alpha value is -1.73. The van der Waals surface area contributed by atoms with Crippen LogP contribution >= 0.6 is 11.3 Å². The Morgan fingerprint density at radius 1 is 1.33 bits per heavy atom. The molecular formula is C17H23N5OS. The average molecular weight is 345 g/mol. The molecule has 0 aliphatic carbocycles. The highest BCUT2D eigenvalue weighted by Gasteiger charge is 2.34. The first kappa shape index (κ1) is 15.8. The molecule has 2 fully saturated rings. The number of thiophene rings is 1. The zero-order chi connectivity index (χ0) is 16.5. The molecule has 1 amide bonds. The summed E-state index contributed by atoms with van der Waals surface area (Å²) in [4.78, 5) is 15.0. The molecule has 1 atom stereocenters. The maximum Gasteiger partial charge on any atom is 0.276 e. The van der Waals surface area contributed by atoms with Crippen LogP contribution in [-0.2, 0) is 0 Å². The van der Waals surface area contributed by atoms with Crippen LogP contribution in [0.15, 0.2) is 16.8 Å². The third-order valence-electron chi connectivity index (χ3n) is 5.23. The average Bonchev–Trinajstić information content (AvgIpc) is 3.35. The van der Waals surface area contributed by atoms with E-state index in [1.807, 2.05) is 16.5 Å². The zero-order valence-corrected chi connectivity index (χ0v) is 14.8. The zero-order valence-electron chi connectivity index (χ0n) is 13.9. The van der Waals surface area contributed by atoms with E-state index in [1.165, 1.54) is 5.56 Å². The fourth-order valence-corrected chi connectivity index (χ4v) is 4.60. The number of amides is 1. The standard InChI is InChI=1S/C17H23N5OS/c1-12-16(19-20-22(12)14-4-7-18-8-5-14)17(23)21-9-2-3-15(21)13-6-10-24-11-13/h6,10-11,14-15,18H,2-5,7-9H2,1H3/t15-/m1/s1. The summed E-state index contributed by atoms with van der Waals surface area (Å²) in [7, 11) is 0. The molecule has 6 nitrogen and oxygen atoms in total. The molecule has 4 rings (SSSR count). The van der Waals surface area contributed by atoms with Gasteiger partial charge in [-0.1, -0.05) is 5.21 Å². The second-order valence-electron chi connectivity index (χ2n) is 6.66. The van der Waals surface area contributed by atoms with Crippen molar-refractivity contribution >= 4 is 17.2 Å². The number of hydrogen-bond donors (Lipinski definition) is 1. The van der Waals surface area contributed by atoms with Crippen LogP contribution in [0.3, 0.4) is 0 Å². The van der Waals surface area contributed by atoms with E-state index in [0.29, 0.717) is 11.7 Å². The first-order chi connectivity index (χ1) is 11.8. The number of hydrogen-bond acceptors (Lipinski definition) is 5. The molecule has 2 aromatic rings. The summed E-state index contributed by atoms with van der Waals surface area (Å²) < 4.78 is 1.96. The molecule has 7 heteroatoms. The SMILES string of the molecule is Cc1c(C(=O)N2CCC[C@@H]2c2ccsc2)nnn1C1CCNCC1. The van der Waals surface area contributed by atoms with Gasteiger partial charge in [-0.15, -0.1) is 5.10 Å². The highest BCUT2D eigenvalue weighted by atomic mass is 32.1. The molecule has 2 aliphatic heterocycles. The maximum atomic E-state index is 13.1. The molecule has 0 saturated carbocycles. The largest absolute Gasteiger partial charge is 0.330 e. The summed E-state index contributed by atoms with van der Waals surface area (Å²) in [5.74, 6) is 0.0291. The Morgan fingerprint density at radius 3 is 2.92 bits per heavy atom. The minimum atomic E-state index is 0.0291. The van der Waals surface area contributed by atoms with Crippen LogP contribution < -0.4 is 5.32 Å². The summed E-state index contributed by atoms with van der Waals surface area (Å²) in [6.45, 7) is 4.78. The summed E-state index contributed by atoms with van der Waals surface area (Å²) in [5, 5.41) is 16.2. The Morgan fingerprint density at radius 2 is 2.17 bits per heavy atom. The molecule has 4 heterocycles. The molecule has 0 aromatic carbocycles. The van der Waals surface area contributed by atoms with Gasteiger partial charge < -0.3 is 10.2 Å². The van der Waals surface area contributed by atoms with E-state index in [0.717, 1.165) is 51.0 Å². The topological polar surface area (TPSA) is 63.1 Å². The number of aromatic nitrogens is 3. The lowest BCUT2D eigenvalue weighted by atomic mass is 10.1. The first-order valence-corrected chi connectivity index (χ1v) is 9.65. The van der Waals surface area contributed by atoms with Gasteiger partial charge in [0, 0.05) is 6.54 Å². The molecule has 0 spiro atoms. The maximum absolute atomic E-state index is 13.1. The van der Waals surface area contributed by atoms with E-state index in [-0.39, 0.29) is 11.9 Å². The summed E-state index contributed by atoms with van der Waals surface area (Å²) >= 11 is 1.69. The molecule has 0 bridgehead atoms. The highest BCUT2D eigenvalue weighted by molar-refractivity contribution is 7.07. The molecule has 24 heavy (non-hydrogen) atoms. The van der Waals surface area contributed by atoms with Crippen molar-refractivity contribution in [2.45, 2.75) is 44.7 Å². The minimum Gasteiger partial charge on any atom is -0.330 e. The smallest absolute Gasteiger partial charge is 0.276 e. The van der Waals surface area contributed by atoms with E-state index >= 15 is 0 Å². The van der Waals surface area contributed by atoms with Crippen molar-refractivity contribution in [2.24, 2.45) is 0 Å². The third kappa shape index (κ3) is 2.75. The summed E-state index contributed by atoms with van der Waals surface area (Å²) in [5.41, 5.74) is 2.67. The first-order valence-electron chi connectivity index (χ1n) is 8.71. The van der Waals surface area contributed by atoms with Gasteiger partial charge in [0.1, 0.15) is 0 Å². The van der Waals surface area contributed by atoms with E-state index in [4.69, 9.17) is 0 Å². The van der Waals surface area contributed by atoms with Crippen LogP contribution in [0.4, 0.5) is 0 Å². The van der Waals surface area contributed by atoms with Gasteiger partial charge in [-0.25, -0.2) is 4.68 Å². The Bertz CT molecular complexity index is 705. The van der Waals surface area contributed by atoms with Crippen molar-refractivity contribution in [3.8, 4) is 0 Å². The monoisotopic (exact) mass is 345 g/mol. The molecule has 2 saturated heterocycles. The van der Waals surface area contributed by atoms with Gasteiger partial charge >= 0.3 is 0 Å². The normalized spacial score (nSPS) is 22.2. The van der Waals surface area contributed by atoms with Gasteiger partial charge in [0.2, 0.25) is 0 Å². The number of rotatable bonds is 3. The predicted molar refractivity (Wildman–Crippen MR) is 93.2 cm³/mol. The molecule has 2 aliphatic rings. The molecule has 1 N–H and O–H groups in total. The van der Waals surface area contributed by atoms with Crippen molar-refractivity contribution in [1.29, 1.82) is 0 Å². The van der Waals surface area contributed by atoms with Crippen LogP contribution in [0.1, 0.15) is 59.5 Å². The molecule has 0 unspecified atom stereocenters. The van der Waals surface area contributed by atoms with Gasteiger partial charge in [-0.05, 0) is 68.1 Å². The van der Waals surface area contributed by atoms with Crippen molar-refractivity contribution in [3.05, 3.63) is 33.8 Å². The Labute approximate surface area is 145 Å². The minimum absolute atomic E-state index is 0.0291. The van der Waals surface area contributed by atoms with E-state index in [1.54, 1.807) is 11.3 Å². The van der Waals surface area contributed by atoms with Gasteiger partial charge in [0.05, 0.1) is 17.8 Å². The van der Waals surface area contributed by atoms with Crippen LogP contribution in [0.5, 0.6) is 0 Å². The fraction of sp³-hybridized carbons (Fsp3) is 0.588. The van der Waals surface area contributed by atoms with Crippen LogP contribution in [-0.4, -0.2) is 45.4 Å². The predicted octanol–water partition coefficient (Wildman–Crippen LogP) is 2.55. The Kier molecular flexibility index (Phi) is 4.37. The van der Waals surface area contributed by atoms with Gasteiger partial charge in [0.15, 0.2) is 5.69 Å². The van der Waals surface area contributed by atoms with Gasteiger partial charge in [-0.3, -0.25) is 4.79 Å². The third-order valence-corrected chi connectivity index (χ3v) is 5.93. The van der Waals surface area contributed by atoms with Crippen molar-refractivity contribution < 1.29 is 4.79 Å². The molecule has 128 valence electrons. The lowest BCUT2D eigenvalue weighted by molar-refractivity contribution is 0.0729. The number of nitrogens with one attached hydrogen (secondary N) is 1. The van der Waals surface area contributed by atoms with E-state index in [9.17, 15) is 4.79 Å². The lowest BCUT2D eigenvalue weighted by Gasteiger charge is -2.25. The number of likely N-dealkylation sites (tertiary alicyclic amines) is 1. The fourth-order valence-electron chi connectivity index (χ4n) is 3.89. The van der Waals surface area contributed by atoms with Crippen molar-refractivity contribution in [1.82, 2.24) is 25.2 Å². The van der Waals surface area contributed by atoms with Crippen molar-refractivity contribution in [2.75, 3.05) is 19.6 Å². The molecule has 0 radical (unpaired) electrons. The van der Waals surface area contributed by atoms with Crippen molar-refractivity contribution in [3.63, 3.8) is 0 Å². The van der Waals surface area contributed by atoms with E-state index < -0.39 is 0 Å².